The van der Waals surface area contributed by atoms with E-state index in [1.807, 2.05) is 0 Å². The zero-order valence-corrected chi connectivity index (χ0v) is 13.5. The number of nitrogens with one attached hydrogen (secondary N) is 1. The summed E-state index contributed by atoms with van der Waals surface area (Å²) in [5.74, 6) is 0.906. The second-order valence-electron chi connectivity index (χ2n) is 7.81. The standard InChI is InChI=1S/C17H34N2/c1-5-11-18-15-6-8-16(9-7-15)19-12-10-14(13-19)17(2,3)4/h14-16,18H,5-13H2,1-4H3. The Morgan fingerprint density at radius 1 is 1.05 bits per heavy atom. The predicted octanol–water partition coefficient (Wildman–Crippen LogP) is 3.67. The Balaban J connectivity index is 1.74. The van der Waals surface area contributed by atoms with Crippen molar-refractivity contribution in [3.63, 3.8) is 0 Å². The van der Waals surface area contributed by atoms with Gasteiger partial charge in [0.25, 0.3) is 0 Å². The molecule has 1 unspecified atom stereocenters. The summed E-state index contributed by atoms with van der Waals surface area (Å²) < 4.78 is 0. The number of rotatable bonds is 4. The second-order valence-corrected chi connectivity index (χ2v) is 7.81. The molecular formula is C17H34N2. The lowest BCUT2D eigenvalue weighted by molar-refractivity contribution is 0.152. The molecule has 19 heavy (non-hydrogen) atoms. The zero-order valence-electron chi connectivity index (χ0n) is 13.5. The highest BCUT2D eigenvalue weighted by Crippen LogP contribution is 2.36. The largest absolute Gasteiger partial charge is 0.314 e. The van der Waals surface area contributed by atoms with E-state index in [9.17, 15) is 0 Å². The first-order valence-electron chi connectivity index (χ1n) is 8.48. The zero-order chi connectivity index (χ0) is 13.9. The van der Waals surface area contributed by atoms with E-state index in [1.165, 1.54) is 58.2 Å². The minimum atomic E-state index is 0.495. The number of hydrogen-bond acceptors (Lipinski definition) is 2. The van der Waals surface area contributed by atoms with E-state index in [1.54, 1.807) is 0 Å². The first-order valence-corrected chi connectivity index (χ1v) is 8.48. The van der Waals surface area contributed by atoms with Crippen LogP contribution in [-0.4, -0.2) is 36.6 Å². The Morgan fingerprint density at radius 2 is 1.74 bits per heavy atom. The molecule has 1 aliphatic carbocycles. The van der Waals surface area contributed by atoms with Gasteiger partial charge in [-0.1, -0.05) is 27.7 Å². The van der Waals surface area contributed by atoms with Gasteiger partial charge in [-0.15, -0.1) is 0 Å². The third kappa shape index (κ3) is 4.19. The Kier molecular flexibility index (Phi) is 5.30. The van der Waals surface area contributed by atoms with Crippen molar-refractivity contribution in [1.82, 2.24) is 10.2 Å². The highest BCUT2D eigenvalue weighted by Gasteiger charge is 2.35. The van der Waals surface area contributed by atoms with Gasteiger partial charge in [-0.2, -0.15) is 0 Å². The van der Waals surface area contributed by atoms with Crippen molar-refractivity contribution in [2.24, 2.45) is 11.3 Å². The summed E-state index contributed by atoms with van der Waals surface area (Å²) >= 11 is 0. The van der Waals surface area contributed by atoms with Crippen LogP contribution in [0.3, 0.4) is 0 Å². The summed E-state index contributed by atoms with van der Waals surface area (Å²) in [6.07, 6.45) is 8.29. The third-order valence-corrected chi connectivity index (χ3v) is 5.34. The molecule has 1 N–H and O–H groups in total. The van der Waals surface area contributed by atoms with E-state index in [2.05, 4.69) is 37.9 Å². The molecule has 2 fully saturated rings. The molecule has 2 rings (SSSR count). The summed E-state index contributed by atoms with van der Waals surface area (Å²) in [4.78, 5) is 2.80. The average Bonchev–Trinajstić information content (AvgIpc) is 2.86. The molecule has 1 heterocycles. The molecule has 0 aromatic carbocycles. The average molecular weight is 266 g/mol. The quantitative estimate of drug-likeness (QED) is 0.835. The molecule has 2 aliphatic rings. The molecule has 2 heteroatoms. The van der Waals surface area contributed by atoms with Gasteiger partial charge in [0.2, 0.25) is 0 Å². The fraction of sp³-hybridized carbons (Fsp3) is 1.00. The number of nitrogens with zero attached hydrogens (tertiary/aromatic N) is 1. The molecule has 1 saturated heterocycles. The van der Waals surface area contributed by atoms with Crippen LogP contribution in [0.1, 0.15) is 66.2 Å². The summed E-state index contributed by atoms with van der Waals surface area (Å²) in [6.45, 7) is 13.4. The van der Waals surface area contributed by atoms with Gasteiger partial charge in [0, 0.05) is 18.6 Å². The van der Waals surface area contributed by atoms with Crippen molar-refractivity contribution >= 4 is 0 Å². The van der Waals surface area contributed by atoms with Crippen LogP contribution in [0.15, 0.2) is 0 Å². The van der Waals surface area contributed by atoms with E-state index < -0.39 is 0 Å². The molecule has 0 aromatic rings. The Bertz CT molecular complexity index is 261. The highest BCUT2D eigenvalue weighted by atomic mass is 15.2. The van der Waals surface area contributed by atoms with E-state index >= 15 is 0 Å². The van der Waals surface area contributed by atoms with Crippen molar-refractivity contribution in [1.29, 1.82) is 0 Å². The molecule has 1 aliphatic heterocycles. The minimum absolute atomic E-state index is 0.495. The van der Waals surface area contributed by atoms with Gasteiger partial charge in [-0.05, 0) is 62.9 Å². The van der Waals surface area contributed by atoms with Crippen LogP contribution in [0.4, 0.5) is 0 Å². The van der Waals surface area contributed by atoms with Crippen LogP contribution in [-0.2, 0) is 0 Å². The lowest BCUT2D eigenvalue weighted by atomic mass is 9.80. The summed E-state index contributed by atoms with van der Waals surface area (Å²) in [5, 5.41) is 3.70. The minimum Gasteiger partial charge on any atom is -0.314 e. The van der Waals surface area contributed by atoms with Gasteiger partial charge in [0.1, 0.15) is 0 Å². The topological polar surface area (TPSA) is 15.3 Å². The van der Waals surface area contributed by atoms with Crippen LogP contribution in [0, 0.1) is 11.3 Å². The van der Waals surface area contributed by atoms with E-state index in [4.69, 9.17) is 0 Å². The van der Waals surface area contributed by atoms with Crippen molar-refractivity contribution in [2.45, 2.75) is 78.3 Å². The predicted molar refractivity (Wildman–Crippen MR) is 83.5 cm³/mol. The van der Waals surface area contributed by atoms with Crippen molar-refractivity contribution in [2.75, 3.05) is 19.6 Å². The molecule has 0 radical (unpaired) electrons. The van der Waals surface area contributed by atoms with E-state index in [0.29, 0.717) is 5.41 Å². The molecule has 0 spiro atoms. The number of likely N-dealkylation sites (tertiary alicyclic amines) is 1. The van der Waals surface area contributed by atoms with Crippen LogP contribution >= 0.6 is 0 Å². The first-order chi connectivity index (χ1) is 9.00. The summed E-state index contributed by atoms with van der Waals surface area (Å²) in [5.41, 5.74) is 0.495. The van der Waals surface area contributed by atoms with Gasteiger partial charge in [-0.25, -0.2) is 0 Å². The number of hydrogen-bond donors (Lipinski definition) is 1. The molecule has 0 amide bonds. The SMILES string of the molecule is CCCNC1CCC(N2CCC(C(C)(C)C)C2)CC1. The molecule has 0 aromatic heterocycles. The molecule has 1 saturated carbocycles. The third-order valence-electron chi connectivity index (χ3n) is 5.34. The van der Waals surface area contributed by atoms with Crippen molar-refractivity contribution in [3.05, 3.63) is 0 Å². The first kappa shape index (κ1) is 15.3. The van der Waals surface area contributed by atoms with Crippen molar-refractivity contribution < 1.29 is 0 Å². The monoisotopic (exact) mass is 266 g/mol. The fourth-order valence-electron chi connectivity index (χ4n) is 3.82. The van der Waals surface area contributed by atoms with Crippen LogP contribution in [0.5, 0.6) is 0 Å². The second kappa shape index (κ2) is 6.58. The lowest BCUT2D eigenvalue weighted by Gasteiger charge is -2.36. The highest BCUT2D eigenvalue weighted by molar-refractivity contribution is 4.90. The smallest absolute Gasteiger partial charge is 0.00965 e. The van der Waals surface area contributed by atoms with Crippen LogP contribution in [0.25, 0.3) is 0 Å². The summed E-state index contributed by atoms with van der Waals surface area (Å²) in [6, 6.07) is 1.68. The molecule has 112 valence electrons. The normalized spacial score (nSPS) is 33.8. The fourth-order valence-corrected chi connectivity index (χ4v) is 3.82. The molecule has 2 nitrogen and oxygen atoms in total. The maximum absolute atomic E-state index is 3.70. The van der Waals surface area contributed by atoms with Gasteiger partial charge >= 0.3 is 0 Å². The van der Waals surface area contributed by atoms with Gasteiger partial charge in [0.05, 0.1) is 0 Å². The van der Waals surface area contributed by atoms with Gasteiger partial charge in [0.15, 0.2) is 0 Å². The summed E-state index contributed by atoms with van der Waals surface area (Å²) in [7, 11) is 0. The van der Waals surface area contributed by atoms with Crippen molar-refractivity contribution in [3.8, 4) is 0 Å². The van der Waals surface area contributed by atoms with Crippen LogP contribution < -0.4 is 5.32 Å². The Hall–Kier alpha value is -0.0800. The molecular weight excluding hydrogens is 232 g/mol. The maximum Gasteiger partial charge on any atom is 0.00965 e. The van der Waals surface area contributed by atoms with Gasteiger partial charge in [-0.3, -0.25) is 0 Å². The maximum atomic E-state index is 3.70. The Labute approximate surface area is 120 Å². The molecule has 1 atom stereocenters. The van der Waals surface area contributed by atoms with E-state index in [-0.39, 0.29) is 0 Å². The molecule has 0 bridgehead atoms. The van der Waals surface area contributed by atoms with Gasteiger partial charge < -0.3 is 10.2 Å². The van der Waals surface area contributed by atoms with E-state index in [0.717, 1.165) is 18.0 Å². The van der Waals surface area contributed by atoms with Crippen LogP contribution in [0.2, 0.25) is 0 Å². The Morgan fingerprint density at radius 3 is 2.26 bits per heavy atom. The lowest BCUT2D eigenvalue weighted by Crippen LogP contribution is -2.42.